The predicted molar refractivity (Wildman–Crippen MR) is 229 cm³/mol. The first-order chi connectivity index (χ1) is 26.8. The van der Waals surface area contributed by atoms with E-state index in [-0.39, 0.29) is 5.41 Å². The number of rotatable bonds is 8. The number of para-hydroxylation sites is 2. The largest absolute Gasteiger partial charge is 0.376 e. The summed E-state index contributed by atoms with van der Waals surface area (Å²) in [6.45, 7) is 6.76. The molecule has 55 heavy (non-hydrogen) atoms. The van der Waals surface area contributed by atoms with Gasteiger partial charge >= 0.3 is 0 Å². The van der Waals surface area contributed by atoms with Crippen LogP contribution < -0.4 is 4.90 Å². The second kappa shape index (κ2) is 13.7. The van der Waals surface area contributed by atoms with Crippen molar-refractivity contribution in [2.75, 3.05) is 4.90 Å². The molecule has 2 heteroatoms. The molecule has 8 aromatic carbocycles. The van der Waals surface area contributed by atoms with Crippen molar-refractivity contribution in [2.24, 2.45) is 0 Å². The molecular weight excluding hydrogens is 667 g/mol. The summed E-state index contributed by atoms with van der Waals surface area (Å²) in [5, 5.41) is 13.7. The van der Waals surface area contributed by atoms with Crippen LogP contribution in [0, 0.1) is 6.92 Å². The van der Waals surface area contributed by atoms with Gasteiger partial charge in [-0.3, -0.25) is 0 Å². The van der Waals surface area contributed by atoms with E-state index < -0.39 is 5.60 Å². The highest BCUT2D eigenvalue weighted by Gasteiger charge is 2.40. The topological polar surface area (TPSA) is 23.5 Å². The first kappa shape index (κ1) is 34.3. The van der Waals surface area contributed by atoms with Gasteiger partial charge in [0.25, 0.3) is 0 Å². The highest BCUT2D eigenvalue weighted by atomic mass is 16.3. The number of fused-ring (bicyclic) bond motifs is 3. The minimum absolute atomic E-state index is 0.213. The van der Waals surface area contributed by atoms with Crippen LogP contribution in [0.3, 0.4) is 0 Å². The summed E-state index contributed by atoms with van der Waals surface area (Å²) >= 11 is 0. The normalized spacial score (nSPS) is 13.7. The molecule has 0 heterocycles. The fourth-order valence-corrected chi connectivity index (χ4v) is 8.67. The molecule has 0 spiro atoms. The van der Waals surface area contributed by atoms with Crippen LogP contribution in [0.1, 0.15) is 47.2 Å². The van der Waals surface area contributed by atoms with Gasteiger partial charge in [0.2, 0.25) is 0 Å². The van der Waals surface area contributed by atoms with Crippen LogP contribution >= 0.6 is 0 Å². The highest BCUT2D eigenvalue weighted by Crippen LogP contribution is 2.51. The molecule has 266 valence electrons. The molecule has 1 aliphatic carbocycles. The molecule has 0 amide bonds. The molecule has 0 fully saturated rings. The van der Waals surface area contributed by atoms with E-state index in [0.29, 0.717) is 0 Å². The summed E-state index contributed by atoms with van der Waals surface area (Å²) in [5.41, 5.74) is 14.6. The number of anilines is 3. The Morgan fingerprint density at radius 1 is 0.418 bits per heavy atom. The third kappa shape index (κ3) is 5.87. The zero-order valence-corrected chi connectivity index (χ0v) is 31.4. The van der Waals surface area contributed by atoms with Crippen LogP contribution in [0.15, 0.2) is 200 Å². The molecule has 8 aromatic rings. The van der Waals surface area contributed by atoms with Gasteiger partial charge < -0.3 is 10.0 Å². The van der Waals surface area contributed by atoms with E-state index >= 15 is 0 Å². The number of benzene rings is 8. The Balaban J connectivity index is 1.21. The quantitative estimate of drug-likeness (QED) is 0.159. The number of aryl methyl sites for hydroxylation is 1. The first-order valence-electron chi connectivity index (χ1n) is 19.1. The van der Waals surface area contributed by atoms with Crippen molar-refractivity contribution in [2.45, 2.75) is 31.8 Å². The average molecular weight is 710 g/mol. The lowest BCUT2D eigenvalue weighted by Crippen LogP contribution is -2.30. The predicted octanol–water partition coefficient (Wildman–Crippen LogP) is 13.4. The van der Waals surface area contributed by atoms with Crippen molar-refractivity contribution in [1.82, 2.24) is 0 Å². The Bertz CT molecular complexity index is 2590. The van der Waals surface area contributed by atoms with Crippen molar-refractivity contribution in [1.29, 1.82) is 0 Å². The second-order valence-corrected chi connectivity index (χ2v) is 15.1. The number of hydrogen-bond donors (Lipinski definition) is 1. The van der Waals surface area contributed by atoms with Crippen molar-refractivity contribution in [3.8, 4) is 33.4 Å². The van der Waals surface area contributed by atoms with Gasteiger partial charge in [0, 0.05) is 28.0 Å². The molecule has 2 nitrogen and oxygen atoms in total. The summed E-state index contributed by atoms with van der Waals surface area (Å²) in [4.78, 5) is 2.29. The van der Waals surface area contributed by atoms with E-state index in [1.165, 1.54) is 22.3 Å². The van der Waals surface area contributed by atoms with Gasteiger partial charge in [-0.1, -0.05) is 178 Å². The van der Waals surface area contributed by atoms with Gasteiger partial charge in [0.15, 0.2) is 0 Å². The standard InChI is InChI=1S/C53H43NO/c1-37-35-44(54(42-19-9-5-10-20-42)43-21-11-6-12-22-43)32-34-45(37)46-23-14-16-26-50(46)53(55,40-29-27-39(28-30-40)38-17-7-4-8-18-38)41-31-33-48-47-24-13-15-25-49(47)52(2,3)51(48)36-41/h4-36,55H,1-3H3. The smallest absolute Gasteiger partial charge is 0.141 e. The van der Waals surface area contributed by atoms with Gasteiger partial charge in [0.05, 0.1) is 0 Å². The molecule has 0 saturated carbocycles. The van der Waals surface area contributed by atoms with Crippen LogP contribution in [-0.2, 0) is 11.0 Å². The van der Waals surface area contributed by atoms with Crippen molar-refractivity contribution in [3.05, 3.63) is 234 Å². The minimum atomic E-state index is -1.46. The van der Waals surface area contributed by atoms with Gasteiger partial charge in [-0.15, -0.1) is 0 Å². The fraction of sp³-hybridized carbons (Fsp3) is 0.0943. The number of hydrogen-bond acceptors (Lipinski definition) is 2. The van der Waals surface area contributed by atoms with Crippen molar-refractivity contribution >= 4 is 17.1 Å². The Morgan fingerprint density at radius 2 is 0.927 bits per heavy atom. The SMILES string of the molecule is Cc1cc(N(c2ccccc2)c2ccccc2)ccc1-c1ccccc1C(O)(c1ccc(-c2ccccc2)cc1)c1ccc2c(c1)C(C)(C)c1ccccc1-2. The lowest BCUT2D eigenvalue weighted by molar-refractivity contribution is 0.126. The van der Waals surface area contributed by atoms with Gasteiger partial charge in [-0.25, -0.2) is 0 Å². The van der Waals surface area contributed by atoms with Gasteiger partial charge in [0.1, 0.15) is 5.60 Å². The third-order valence-electron chi connectivity index (χ3n) is 11.5. The monoisotopic (exact) mass is 709 g/mol. The lowest BCUT2D eigenvalue weighted by atomic mass is 9.74. The third-order valence-corrected chi connectivity index (χ3v) is 11.5. The van der Waals surface area contributed by atoms with E-state index in [1.54, 1.807) is 0 Å². The summed E-state index contributed by atoms with van der Waals surface area (Å²) in [5.74, 6) is 0. The summed E-state index contributed by atoms with van der Waals surface area (Å²) in [6, 6.07) is 70.2. The molecule has 1 atom stereocenters. The van der Waals surface area contributed by atoms with Gasteiger partial charge in [-0.2, -0.15) is 0 Å². The lowest BCUT2D eigenvalue weighted by Gasteiger charge is -2.34. The zero-order valence-electron chi connectivity index (χ0n) is 31.4. The maximum atomic E-state index is 13.7. The molecule has 0 bridgehead atoms. The Kier molecular flexibility index (Phi) is 8.57. The number of nitrogens with zero attached hydrogens (tertiary/aromatic N) is 1. The van der Waals surface area contributed by atoms with Crippen molar-refractivity contribution < 1.29 is 5.11 Å². The Morgan fingerprint density at radius 3 is 1.58 bits per heavy atom. The molecule has 0 saturated heterocycles. The van der Waals surface area contributed by atoms with E-state index in [9.17, 15) is 5.11 Å². The average Bonchev–Trinajstić information content (AvgIpc) is 3.47. The van der Waals surface area contributed by atoms with Crippen LogP contribution in [0.4, 0.5) is 17.1 Å². The second-order valence-electron chi connectivity index (χ2n) is 15.1. The summed E-state index contributed by atoms with van der Waals surface area (Å²) < 4.78 is 0. The molecule has 0 radical (unpaired) electrons. The summed E-state index contributed by atoms with van der Waals surface area (Å²) in [6.07, 6.45) is 0. The zero-order chi connectivity index (χ0) is 37.6. The van der Waals surface area contributed by atoms with E-state index in [4.69, 9.17) is 0 Å². The fourth-order valence-electron chi connectivity index (χ4n) is 8.67. The maximum absolute atomic E-state index is 13.7. The Hall–Kier alpha value is -6.48. The summed E-state index contributed by atoms with van der Waals surface area (Å²) in [7, 11) is 0. The Labute approximate surface area is 324 Å². The first-order valence-corrected chi connectivity index (χ1v) is 19.1. The van der Waals surface area contributed by atoms with Crippen LogP contribution in [0.5, 0.6) is 0 Å². The molecule has 0 aromatic heterocycles. The van der Waals surface area contributed by atoms with Crippen LogP contribution in [0.25, 0.3) is 33.4 Å². The van der Waals surface area contributed by atoms with Crippen LogP contribution in [-0.4, -0.2) is 5.11 Å². The van der Waals surface area contributed by atoms with Crippen molar-refractivity contribution in [3.63, 3.8) is 0 Å². The maximum Gasteiger partial charge on any atom is 0.141 e. The minimum Gasteiger partial charge on any atom is -0.376 e. The number of aliphatic hydroxyl groups is 1. The van der Waals surface area contributed by atoms with E-state index in [2.05, 4.69) is 214 Å². The molecule has 0 aliphatic heterocycles. The van der Waals surface area contributed by atoms with Crippen LogP contribution in [0.2, 0.25) is 0 Å². The highest BCUT2D eigenvalue weighted by molar-refractivity contribution is 5.83. The molecule has 1 aliphatic rings. The van der Waals surface area contributed by atoms with Gasteiger partial charge in [-0.05, 0) is 105 Å². The van der Waals surface area contributed by atoms with E-state index in [0.717, 1.165) is 61.6 Å². The van der Waals surface area contributed by atoms with E-state index in [1.807, 2.05) is 12.1 Å². The molecular formula is C53H43NO. The molecule has 9 rings (SSSR count). The molecule has 1 unspecified atom stereocenters. The molecule has 1 N–H and O–H groups in total.